The molecule has 2 bridgehead atoms. The molecule has 3 N–H and O–H groups in total. The van der Waals surface area contributed by atoms with Crippen molar-refractivity contribution >= 4 is 11.7 Å². The van der Waals surface area contributed by atoms with Crippen LogP contribution in [0, 0.1) is 17.8 Å². The number of amides is 1. The summed E-state index contributed by atoms with van der Waals surface area (Å²) >= 11 is 0. The number of nitrogens with one attached hydrogen (secondary N) is 1. The summed E-state index contributed by atoms with van der Waals surface area (Å²) in [6.07, 6.45) is 5.37. The summed E-state index contributed by atoms with van der Waals surface area (Å²) < 4.78 is 0. The third-order valence-corrected chi connectivity index (χ3v) is 4.77. The zero-order chi connectivity index (χ0) is 14.1. The number of fused-ring (bicyclic) bond motifs is 2. The molecule has 1 aromatic heterocycles. The van der Waals surface area contributed by atoms with Gasteiger partial charge in [0.15, 0.2) is 11.5 Å². The number of nitrogen functional groups attached to an aromatic ring is 1. The van der Waals surface area contributed by atoms with Crippen LogP contribution in [0.2, 0.25) is 0 Å². The molecule has 3 atom stereocenters. The summed E-state index contributed by atoms with van der Waals surface area (Å²) in [5, 5.41) is 7.75. The van der Waals surface area contributed by atoms with E-state index in [1.54, 1.807) is 17.0 Å². The lowest BCUT2D eigenvalue weighted by atomic mass is 9.88. The second kappa shape index (κ2) is 5.36. The Bertz CT molecular complexity index is 489. The molecule has 20 heavy (non-hydrogen) atoms. The summed E-state index contributed by atoms with van der Waals surface area (Å²) in [6.45, 7) is 0.832. The van der Waals surface area contributed by atoms with E-state index in [0.717, 1.165) is 18.4 Å². The van der Waals surface area contributed by atoms with Gasteiger partial charge in [-0.25, -0.2) is 5.84 Å². The molecule has 3 rings (SSSR count). The van der Waals surface area contributed by atoms with Gasteiger partial charge in [0.25, 0.3) is 5.91 Å². The Labute approximate surface area is 118 Å². The van der Waals surface area contributed by atoms with Crippen molar-refractivity contribution in [2.45, 2.75) is 25.7 Å². The van der Waals surface area contributed by atoms with Crippen LogP contribution in [0.25, 0.3) is 0 Å². The predicted octanol–water partition coefficient (Wildman–Crippen LogP) is 1.27. The van der Waals surface area contributed by atoms with E-state index >= 15 is 0 Å². The van der Waals surface area contributed by atoms with Crippen molar-refractivity contribution in [3.05, 3.63) is 17.8 Å². The quantitative estimate of drug-likeness (QED) is 0.638. The third-order valence-electron chi connectivity index (χ3n) is 4.77. The Morgan fingerprint density at radius 3 is 2.80 bits per heavy atom. The van der Waals surface area contributed by atoms with Crippen LogP contribution >= 0.6 is 0 Å². The summed E-state index contributed by atoms with van der Waals surface area (Å²) in [6, 6.07) is 3.31. The van der Waals surface area contributed by atoms with Crippen LogP contribution in [-0.4, -0.2) is 34.6 Å². The first-order valence-corrected chi connectivity index (χ1v) is 7.23. The molecule has 0 aromatic carbocycles. The fourth-order valence-corrected chi connectivity index (χ4v) is 3.75. The van der Waals surface area contributed by atoms with Gasteiger partial charge < -0.3 is 10.3 Å². The van der Waals surface area contributed by atoms with E-state index < -0.39 is 0 Å². The summed E-state index contributed by atoms with van der Waals surface area (Å²) in [7, 11) is 1.85. The Balaban J connectivity index is 1.61. The molecule has 6 heteroatoms. The second-order valence-electron chi connectivity index (χ2n) is 6.07. The molecule has 0 spiro atoms. The topological polar surface area (TPSA) is 84.1 Å². The van der Waals surface area contributed by atoms with Gasteiger partial charge >= 0.3 is 0 Å². The number of rotatable bonds is 4. The average Bonchev–Trinajstić information content (AvgIpc) is 3.09. The standard InChI is InChI=1S/C14H21N5O/c1-19(8-11-7-9-2-3-10(11)6-9)14(20)12-4-5-13(16-15)18-17-12/h4-5,9-11H,2-3,6-8,15H2,1H3,(H,16,18). The molecule has 2 fully saturated rings. The Hall–Kier alpha value is -1.69. The second-order valence-corrected chi connectivity index (χ2v) is 6.07. The van der Waals surface area contributed by atoms with E-state index in [1.807, 2.05) is 7.05 Å². The summed E-state index contributed by atoms with van der Waals surface area (Å²) in [4.78, 5) is 14.1. The Kier molecular flexibility index (Phi) is 3.56. The number of carbonyl (C=O) groups excluding carboxylic acids is 1. The fraction of sp³-hybridized carbons (Fsp3) is 0.643. The van der Waals surface area contributed by atoms with Gasteiger partial charge in [-0.3, -0.25) is 4.79 Å². The molecule has 2 aliphatic carbocycles. The van der Waals surface area contributed by atoms with Gasteiger partial charge in [0.2, 0.25) is 0 Å². The Morgan fingerprint density at radius 1 is 1.40 bits per heavy atom. The van der Waals surface area contributed by atoms with Crippen LogP contribution in [0.4, 0.5) is 5.82 Å². The van der Waals surface area contributed by atoms with Gasteiger partial charge in [0.05, 0.1) is 0 Å². The van der Waals surface area contributed by atoms with Crippen LogP contribution in [-0.2, 0) is 0 Å². The Morgan fingerprint density at radius 2 is 2.25 bits per heavy atom. The molecular formula is C14H21N5O. The number of hydrogen-bond donors (Lipinski definition) is 2. The minimum absolute atomic E-state index is 0.0659. The van der Waals surface area contributed by atoms with Crippen molar-refractivity contribution in [2.24, 2.45) is 23.6 Å². The fourth-order valence-electron chi connectivity index (χ4n) is 3.75. The third kappa shape index (κ3) is 2.47. The maximum Gasteiger partial charge on any atom is 0.274 e. The van der Waals surface area contributed by atoms with E-state index in [-0.39, 0.29) is 5.91 Å². The van der Waals surface area contributed by atoms with E-state index in [4.69, 9.17) is 5.84 Å². The molecule has 6 nitrogen and oxygen atoms in total. The normalized spacial score (nSPS) is 27.6. The monoisotopic (exact) mass is 275 g/mol. The van der Waals surface area contributed by atoms with Gasteiger partial charge in [-0.1, -0.05) is 6.42 Å². The van der Waals surface area contributed by atoms with Crippen molar-refractivity contribution in [3.63, 3.8) is 0 Å². The maximum atomic E-state index is 12.3. The van der Waals surface area contributed by atoms with Crippen LogP contribution in [0.15, 0.2) is 12.1 Å². The lowest BCUT2D eigenvalue weighted by molar-refractivity contribution is 0.0747. The van der Waals surface area contributed by atoms with Crippen molar-refractivity contribution in [1.29, 1.82) is 0 Å². The van der Waals surface area contributed by atoms with Gasteiger partial charge in [0, 0.05) is 13.6 Å². The zero-order valence-corrected chi connectivity index (χ0v) is 11.7. The number of aromatic nitrogens is 2. The zero-order valence-electron chi connectivity index (χ0n) is 11.7. The smallest absolute Gasteiger partial charge is 0.274 e. The van der Waals surface area contributed by atoms with Crippen LogP contribution in [0.1, 0.15) is 36.2 Å². The molecule has 2 saturated carbocycles. The number of hydrazine groups is 1. The number of nitrogens with two attached hydrogens (primary N) is 1. The molecular weight excluding hydrogens is 254 g/mol. The molecule has 0 aliphatic heterocycles. The highest BCUT2D eigenvalue weighted by atomic mass is 16.2. The molecule has 2 aliphatic rings. The van der Waals surface area contributed by atoms with Crippen molar-refractivity contribution in [1.82, 2.24) is 15.1 Å². The van der Waals surface area contributed by atoms with Gasteiger partial charge in [-0.2, -0.15) is 0 Å². The summed E-state index contributed by atoms with van der Waals surface area (Å²) in [5.41, 5.74) is 2.77. The van der Waals surface area contributed by atoms with Crippen molar-refractivity contribution < 1.29 is 4.79 Å². The highest BCUT2D eigenvalue weighted by molar-refractivity contribution is 5.92. The van der Waals surface area contributed by atoms with E-state index in [0.29, 0.717) is 17.4 Å². The van der Waals surface area contributed by atoms with Crippen LogP contribution in [0.5, 0.6) is 0 Å². The minimum atomic E-state index is -0.0659. The van der Waals surface area contributed by atoms with E-state index in [2.05, 4.69) is 15.6 Å². The molecule has 1 amide bonds. The molecule has 1 aromatic rings. The number of carbonyl (C=O) groups is 1. The number of nitrogens with zero attached hydrogens (tertiary/aromatic N) is 3. The summed E-state index contributed by atoms with van der Waals surface area (Å²) in [5.74, 6) is 8.02. The van der Waals surface area contributed by atoms with Gasteiger partial charge in [-0.15, -0.1) is 10.2 Å². The molecule has 3 unspecified atom stereocenters. The average molecular weight is 275 g/mol. The van der Waals surface area contributed by atoms with E-state index in [9.17, 15) is 4.79 Å². The first-order chi connectivity index (χ1) is 9.67. The predicted molar refractivity (Wildman–Crippen MR) is 75.7 cm³/mol. The lowest BCUT2D eigenvalue weighted by Crippen LogP contribution is -2.34. The molecule has 0 saturated heterocycles. The molecule has 0 radical (unpaired) electrons. The minimum Gasteiger partial charge on any atom is -0.340 e. The highest BCUT2D eigenvalue weighted by Gasteiger charge is 2.40. The lowest BCUT2D eigenvalue weighted by Gasteiger charge is -2.27. The first-order valence-electron chi connectivity index (χ1n) is 7.23. The van der Waals surface area contributed by atoms with Crippen molar-refractivity contribution in [3.8, 4) is 0 Å². The maximum absolute atomic E-state index is 12.3. The SMILES string of the molecule is CN(CC1CC2CCC1C2)C(=O)c1ccc(NN)nn1. The van der Waals surface area contributed by atoms with Gasteiger partial charge in [0.1, 0.15) is 0 Å². The highest BCUT2D eigenvalue weighted by Crippen LogP contribution is 2.48. The van der Waals surface area contributed by atoms with Gasteiger partial charge in [-0.05, 0) is 49.1 Å². The molecule has 108 valence electrons. The van der Waals surface area contributed by atoms with Crippen LogP contribution in [0.3, 0.4) is 0 Å². The van der Waals surface area contributed by atoms with E-state index in [1.165, 1.54) is 25.7 Å². The molecule has 1 heterocycles. The van der Waals surface area contributed by atoms with Crippen molar-refractivity contribution in [2.75, 3.05) is 19.0 Å². The number of hydrogen-bond acceptors (Lipinski definition) is 5. The largest absolute Gasteiger partial charge is 0.340 e. The number of anilines is 1. The first kappa shape index (κ1) is 13.3. The van der Waals surface area contributed by atoms with Crippen LogP contribution < -0.4 is 11.3 Å².